The Morgan fingerprint density at radius 2 is 2.08 bits per heavy atom. The highest BCUT2D eigenvalue weighted by atomic mass is 79.9. The Balaban J connectivity index is 3.08. The molecule has 13 heavy (non-hydrogen) atoms. The summed E-state index contributed by atoms with van der Waals surface area (Å²) in [5, 5.41) is 15.5. The Morgan fingerprint density at radius 3 is 2.38 bits per heavy atom. The van der Waals surface area contributed by atoms with Crippen molar-refractivity contribution in [3.63, 3.8) is 0 Å². The third-order valence-electron chi connectivity index (χ3n) is 1.40. The Hall–Kier alpha value is -0.630. The van der Waals surface area contributed by atoms with Crippen molar-refractivity contribution in [3.05, 3.63) is 10.3 Å². The molecule has 0 aromatic carbocycles. The van der Waals surface area contributed by atoms with Gasteiger partial charge < -0.3 is 5.11 Å². The van der Waals surface area contributed by atoms with Crippen LogP contribution in [0, 0.1) is 0 Å². The van der Waals surface area contributed by atoms with Gasteiger partial charge in [0.05, 0.1) is 0 Å². The average molecular weight is 260 g/mol. The van der Waals surface area contributed by atoms with E-state index in [0.717, 1.165) is 4.68 Å². The molecular weight excluding hydrogens is 255 g/mol. The second-order valence-electron chi connectivity index (χ2n) is 2.33. The van der Waals surface area contributed by atoms with Gasteiger partial charge in [-0.05, 0) is 15.9 Å². The first-order valence-corrected chi connectivity index (χ1v) is 3.93. The van der Waals surface area contributed by atoms with Crippen molar-refractivity contribution >= 4 is 15.9 Å². The quantitative estimate of drug-likeness (QED) is 0.824. The minimum absolute atomic E-state index is 0.111. The minimum Gasteiger partial charge on any atom is -0.378 e. The van der Waals surface area contributed by atoms with Crippen molar-refractivity contribution in [2.24, 2.45) is 7.05 Å². The summed E-state index contributed by atoms with van der Waals surface area (Å²) in [5.74, 6) is 0. The van der Waals surface area contributed by atoms with Crippen LogP contribution in [-0.2, 0) is 7.05 Å². The number of hydrogen-bond acceptors (Lipinski definition) is 3. The molecule has 4 nitrogen and oxygen atoms in total. The number of aliphatic hydroxyl groups is 1. The maximum atomic E-state index is 12.0. The van der Waals surface area contributed by atoms with E-state index in [4.69, 9.17) is 5.11 Å². The lowest BCUT2D eigenvalue weighted by Crippen LogP contribution is -2.23. The molecule has 0 radical (unpaired) electrons. The van der Waals surface area contributed by atoms with E-state index in [0.29, 0.717) is 0 Å². The minimum atomic E-state index is -4.71. The van der Waals surface area contributed by atoms with Crippen LogP contribution in [0.15, 0.2) is 4.60 Å². The van der Waals surface area contributed by atoms with E-state index in [-0.39, 0.29) is 4.60 Å². The van der Waals surface area contributed by atoms with E-state index in [9.17, 15) is 13.2 Å². The highest BCUT2D eigenvalue weighted by molar-refractivity contribution is 9.10. The monoisotopic (exact) mass is 259 g/mol. The Bertz CT molecular complexity index is 291. The summed E-state index contributed by atoms with van der Waals surface area (Å²) in [4.78, 5) is 0. The Morgan fingerprint density at radius 1 is 1.54 bits per heavy atom. The normalized spacial score (nSPS) is 14.6. The van der Waals surface area contributed by atoms with Crippen LogP contribution in [0.2, 0.25) is 0 Å². The molecule has 1 rings (SSSR count). The molecule has 0 fully saturated rings. The zero-order valence-corrected chi connectivity index (χ0v) is 7.96. The van der Waals surface area contributed by atoms with Crippen LogP contribution in [0.1, 0.15) is 11.8 Å². The molecule has 0 aliphatic carbocycles. The average Bonchev–Trinajstić information content (AvgIpc) is 2.28. The maximum absolute atomic E-state index is 12.0. The lowest BCUT2D eigenvalue weighted by Gasteiger charge is -2.13. The fourth-order valence-electron chi connectivity index (χ4n) is 0.784. The van der Waals surface area contributed by atoms with Gasteiger partial charge in [0.15, 0.2) is 10.7 Å². The van der Waals surface area contributed by atoms with E-state index >= 15 is 0 Å². The van der Waals surface area contributed by atoms with Gasteiger partial charge in [0.25, 0.3) is 0 Å². The van der Waals surface area contributed by atoms with Crippen LogP contribution in [-0.4, -0.2) is 26.3 Å². The third-order valence-corrected chi connectivity index (χ3v) is 1.96. The first kappa shape index (κ1) is 10.5. The molecule has 1 N–H and O–H groups in total. The molecule has 0 aliphatic heterocycles. The fourth-order valence-corrected chi connectivity index (χ4v) is 1.33. The van der Waals surface area contributed by atoms with Gasteiger partial charge in [0, 0.05) is 7.05 Å². The van der Waals surface area contributed by atoms with Crippen molar-refractivity contribution in [2.45, 2.75) is 12.3 Å². The van der Waals surface area contributed by atoms with Gasteiger partial charge >= 0.3 is 6.18 Å². The lowest BCUT2D eigenvalue weighted by molar-refractivity contribution is -0.209. The van der Waals surface area contributed by atoms with Crippen LogP contribution in [0.3, 0.4) is 0 Å². The van der Waals surface area contributed by atoms with Crippen molar-refractivity contribution in [1.82, 2.24) is 15.0 Å². The molecule has 0 spiro atoms. The molecule has 0 aliphatic rings. The molecular formula is C5H5BrF3N3O. The molecule has 1 heterocycles. The number of alkyl halides is 3. The van der Waals surface area contributed by atoms with Gasteiger partial charge in [-0.3, -0.25) is 0 Å². The van der Waals surface area contributed by atoms with Crippen LogP contribution >= 0.6 is 15.9 Å². The van der Waals surface area contributed by atoms with Crippen LogP contribution < -0.4 is 0 Å². The predicted octanol–water partition coefficient (Wildman–Crippen LogP) is 1.17. The van der Waals surface area contributed by atoms with Crippen molar-refractivity contribution in [3.8, 4) is 0 Å². The lowest BCUT2D eigenvalue weighted by atomic mass is 10.2. The third kappa shape index (κ3) is 1.99. The van der Waals surface area contributed by atoms with Gasteiger partial charge in [0.1, 0.15) is 5.69 Å². The topological polar surface area (TPSA) is 50.9 Å². The number of aromatic nitrogens is 3. The van der Waals surface area contributed by atoms with E-state index in [1.807, 2.05) is 0 Å². The summed E-state index contributed by atoms with van der Waals surface area (Å²) >= 11 is 2.76. The molecule has 0 bridgehead atoms. The second-order valence-corrected chi connectivity index (χ2v) is 3.08. The number of hydrogen-bond donors (Lipinski definition) is 1. The number of nitrogens with zero attached hydrogens (tertiary/aromatic N) is 3. The highest BCUT2D eigenvalue weighted by Gasteiger charge is 2.42. The number of rotatable bonds is 1. The molecule has 1 unspecified atom stereocenters. The molecule has 8 heteroatoms. The molecule has 1 aromatic heterocycles. The van der Waals surface area contributed by atoms with Gasteiger partial charge in [0.2, 0.25) is 0 Å². The Labute approximate surface area is 79.5 Å². The van der Waals surface area contributed by atoms with Gasteiger partial charge in [-0.15, -0.1) is 5.10 Å². The first-order chi connectivity index (χ1) is 5.84. The van der Waals surface area contributed by atoms with E-state index in [1.54, 1.807) is 0 Å². The molecule has 1 atom stereocenters. The standard InChI is InChI=1S/C5H5BrF3N3O/c1-12-2(4(6)10-11-12)3(13)5(7,8)9/h3,13H,1H3. The van der Waals surface area contributed by atoms with E-state index in [2.05, 4.69) is 26.2 Å². The summed E-state index contributed by atoms with van der Waals surface area (Å²) in [7, 11) is 1.27. The van der Waals surface area contributed by atoms with Crippen LogP contribution in [0.5, 0.6) is 0 Å². The van der Waals surface area contributed by atoms with Crippen molar-refractivity contribution < 1.29 is 18.3 Å². The van der Waals surface area contributed by atoms with E-state index < -0.39 is 18.0 Å². The van der Waals surface area contributed by atoms with Crippen LogP contribution in [0.25, 0.3) is 0 Å². The second kappa shape index (κ2) is 3.26. The highest BCUT2D eigenvalue weighted by Crippen LogP contribution is 2.34. The number of halogens is 4. The van der Waals surface area contributed by atoms with Gasteiger partial charge in [-0.1, -0.05) is 5.21 Å². The summed E-state index contributed by atoms with van der Waals surface area (Å²) in [6, 6.07) is 0. The smallest absolute Gasteiger partial charge is 0.378 e. The summed E-state index contributed by atoms with van der Waals surface area (Å²) in [5.41, 5.74) is -0.410. The molecule has 0 saturated heterocycles. The molecule has 1 aromatic rings. The number of aliphatic hydroxyl groups excluding tert-OH is 1. The first-order valence-electron chi connectivity index (χ1n) is 3.14. The maximum Gasteiger partial charge on any atom is 0.420 e. The van der Waals surface area contributed by atoms with E-state index in [1.165, 1.54) is 7.05 Å². The fraction of sp³-hybridized carbons (Fsp3) is 0.600. The van der Waals surface area contributed by atoms with Crippen molar-refractivity contribution in [1.29, 1.82) is 0 Å². The largest absolute Gasteiger partial charge is 0.420 e. The zero-order chi connectivity index (χ0) is 10.2. The summed E-state index contributed by atoms with van der Waals surface area (Å²) in [6.07, 6.45) is -7.28. The summed E-state index contributed by atoms with van der Waals surface area (Å²) < 4.78 is 36.9. The zero-order valence-electron chi connectivity index (χ0n) is 6.38. The van der Waals surface area contributed by atoms with Gasteiger partial charge in [-0.25, -0.2) is 4.68 Å². The molecule has 74 valence electrons. The predicted molar refractivity (Wildman–Crippen MR) is 39.7 cm³/mol. The SMILES string of the molecule is Cn1nnc(Br)c1C(O)C(F)(F)F. The van der Waals surface area contributed by atoms with Crippen molar-refractivity contribution in [2.75, 3.05) is 0 Å². The molecule has 0 amide bonds. The molecule has 0 saturated carbocycles. The number of aryl methyl sites for hydroxylation is 1. The summed E-state index contributed by atoms with van der Waals surface area (Å²) in [6.45, 7) is 0. The van der Waals surface area contributed by atoms with Gasteiger partial charge in [-0.2, -0.15) is 13.2 Å². The Kier molecular flexibility index (Phi) is 2.62. The van der Waals surface area contributed by atoms with Crippen LogP contribution in [0.4, 0.5) is 13.2 Å².